The van der Waals surface area contributed by atoms with Gasteiger partial charge in [-0.3, -0.25) is 0 Å². The molecular weight excluding hydrogens is 482 g/mol. The highest BCUT2D eigenvalue weighted by Gasteiger charge is 2.34. The molecule has 0 saturated heterocycles. The molecule has 0 fully saturated rings. The molecule has 40 heavy (non-hydrogen) atoms. The van der Waals surface area contributed by atoms with E-state index in [0.717, 1.165) is 11.1 Å². The second-order valence-corrected chi connectivity index (χ2v) is 11.1. The quantitative estimate of drug-likeness (QED) is 0.202. The van der Waals surface area contributed by atoms with Crippen LogP contribution in [0.5, 0.6) is 0 Å². The Bertz CT molecular complexity index is 2000. The number of nitrogens with zero attached hydrogens (tertiary/aromatic N) is 1. The van der Waals surface area contributed by atoms with E-state index in [1.807, 2.05) is 18.2 Å². The topological polar surface area (TPSA) is 4.93 Å². The van der Waals surface area contributed by atoms with E-state index < -0.39 is 0 Å². The lowest BCUT2D eigenvalue weighted by Gasteiger charge is -2.34. The summed E-state index contributed by atoms with van der Waals surface area (Å²) >= 11 is 0. The number of benzene rings is 5. The van der Waals surface area contributed by atoms with E-state index in [0.29, 0.717) is 0 Å². The summed E-state index contributed by atoms with van der Waals surface area (Å²) in [4.78, 5) is 0. The molecule has 0 bridgehead atoms. The number of allylic oxidation sites excluding steroid dienone is 4. The summed E-state index contributed by atoms with van der Waals surface area (Å²) in [5.74, 6) is 0. The normalized spacial score (nSPS) is 13.8. The fraction of sp³-hybridized carbons (Fsp3) is 0.0769. The van der Waals surface area contributed by atoms with Crippen LogP contribution < -0.4 is 0 Å². The average Bonchev–Trinajstić information content (AvgIpc) is 3.33. The van der Waals surface area contributed by atoms with E-state index in [4.69, 9.17) is 0 Å². The van der Waals surface area contributed by atoms with Crippen LogP contribution in [-0.2, 0) is 5.41 Å². The minimum Gasteiger partial charge on any atom is -0.309 e. The van der Waals surface area contributed by atoms with Gasteiger partial charge in [-0.2, -0.15) is 0 Å². The van der Waals surface area contributed by atoms with E-state index in [2.05, 4.69) is 141 Å². The molecule has 7 rings (SSSR count). The smallest absolute Gasteiger partial charge is 0.0582 e. The van der Waals surface area contributed by atoms with Gasteiger partial charge in [0.25, 0.3) is 0 Å². The van der Waals surface area contributed by atoms with Crippen LogP contribution in [0, 0.1) is 0 Å². The van der Waals surface area contributed by atoms with Gasteiger partial charge in [0.15, 0.2) is 0 Å². The first-order chi connectivity index (χ1) is 19.5. The van der Waals surface area contributed by atoms with E-state index in [1.54, 1.807) is 0 Å². The first kappa shape index (κ1) is 24.2. The van der Waals surface area contributed by atoms with E-state index in [-0.39, 0.29) is 5.41 Å². The molecule has 0 atom stereocenters. The van der Waals surface area contributed by atoms with Crippen LogP contribution in [0.3, 0.4) is 0 Å². The van der Waals surface area contributed by atoms with Gasteiger partial charge in [-0.15, -0.1) is 0 Å². The molecule has 0 saturated carbocycles. The maximum absolute atomic E-state index is 4.07. The third-order valence-corrected chi connectivity index (χ3v) is 8.50. The lowest BCUT2D eigenvalue weighted by molar-refractivity contribution is 0.630. The average molecular weight is 514 g/mol. The third kappa shape index (κ3) is 3.55. The molecule has 0 amide bonds. The highest BCUT2D eigenvalue weighted by atomic mass is 15.0. The van der Waals surface area contributed by atoms with Crippen LogP contribution in [-0.4, -0.2) is 4.57 Å². The first-order valence-electron chi connectivity index (χ1n) is 13.9. The summed E-state index contributed by atoms with van der Waals surface area (Å²) in [6.07, 6.45) is 5.75. The maximum atomic E-state index is 4.07. The predicted octanol–water partition coefficient (Wildman–Crippen LogP) is 10.5. The molecule has 1 aromatic heterocycles. The van der Waals surface area contributed by atoms with Crippen molar-refractivity contribution in [2.24, 2.45) is 0 Å². The van der Waals surface area contributed by atoms with Gasteiger partial charge in [0, 0.05) is 16.2 Å². The van der Waals surface area contributed by atoms with Crippen LogP contribution in [0.15, 0.2) is 141 Å². The zero-order chi connectivity index (χ0) is 27.4. The Morgan fingerprint density at radius 3 is 2.15 bits per heavy atom. The zero-order valence-corrected chi connectivity index (χ0v) is 23.0. The SMILES string of the molecule is C=C/C=C(\C=C)c1cc(-c2ccccc2)cc(-c2ccc3c(c2)c2cccc4c2n3-c2ccccc2C4(C)C)c1. The first-order valence-corrected chi connectivity index (χ1v) is 13.9. The van der Waals surface area contributed by atoms with Gasteiger partial charge in [-0.1, -0.05) is 118 Å². The van der Waals surface area contributed by atoms with E-state index in [9.17, 15) is 0 Å². The Morgan fingerprint density at radius 1 is 0.650 bits per heavy atom. The largest absolute Gasteiger partial charge is 0.309 e. The highest BCUT2D eigenvalue weighted by molar-refractivity contribution is 6.12. The Hall–Kier alpha value is -4.88. The lowest BCUT2D eigenvalue weighted by atomic mass is 9.75. The van der Waals surface area contributed by atoms with Gasteiger partial charge in [0.1, 0.15) is 0 Å². The van der Waals surface area contributed by atoms with Gasteiger partial charge in [0.2, 0.25) is 0 Å². The van der Waals surface area contributed by atoms with Crippen LogP contribution >= 0.6 is 0 Å². The summed E-state index contributed by atoms with van der Waals surface area (Å²) in [6, 6.07) is 40.0. The number of para-hydroxylation sites is 2. The molecule has 5 aromatic carbocycles. The van der Waals surface area contributed by atoms with Crippen molar-refractivity contribution in [3.05, 3.63) is 157 Å². The molecule has 6 aromatic rings. The number of rotatable bonds is 5. The minimum absolute atomic E-state index is 0.0686. The second kappa shape index (κ2) is 9.10. The molecule has 1 nitrogen and oxygen atoms in total. The van der Waals surface area contributed by atoms with Crippen molar-refractivity contribution < 1.29 is 0 Å². The Balaban J connectivity index is 1.51. The van der Waals surface area contributed by atoms with Crippen molar-refractivity contribution >= 4 is 27.4 Å². The number of hydrogen-bond donors (Lipinski definition) is 0. The highest BCUT2D eigenvalue weighted by Crippen LogP contribution is 2.47. The van der Waals surface area contributed by atoms with E-state index in [1.165, 1.54) is 60.9 Å². The monoisotopic (exact) mass is 513 g/mol. The van der Waals surface area contributed by atoms with Crippen molar-refractivity contribution in [1.82, 2.24) is 4.57 Å². The second-order valence-electron chi connectivity index (χ2n) is 11.1. The number of fused-ring (bicyclic) bond motifs is 5. The Kier molecular flexibility index (Phi) is 5.50. The lowest BCUT2D eigenvalue weighted by Crippen LogP contribution is -2.26. The fourth-order valence-electron chi connectivity index (χ4n) is 6.51. The molecule has 2 heterocycles. The number of aromatic nitrogens is 1. The van der Waals surface area contributed by atoms with Crippen molar-refractivity contribution in [3.63, 3.8) is 0 Å². The molecule has 192 valence electrons. The molecule has 0 radical (unpaired) electrons. The maximum Gasteiger partial charge on any atom is 0.0582 e. The van der Waals surface area contributed by atoms with Crippen molar-refractivity contribution in [2.75, 3.05) is 0 Å². The zero-order valence-electron chi connectivity index (χ0n) is 23.0. The van der Waals surface area contributed by atoms with Crippen LogP contribution in [0.4, 0.5) is 0 Å². The molecule has 1 heteroatoms. The predicted molar refractivity (Wildman–Crippen MR) is 172 cm³/mol. The summed E-state index contributed by atoms with van der Waals surface area (Å²) < 4.78 is 2.47. The fourth-order valence-corrected chi connectivity index (χ4v) is 6.51. The van der Waals surface area contributed by atoms with Gasteiger partial charge >= 0.3 is 0 Å². The molecule has 0 aliphatic carbocycles. The van der Waals surface area contributed by atoms with Crippen molar-refractivity contribution in [2.45, 2.75) is 19.3 Å². The standard InChI is InChI=1S/C39H31N/c1-5-13-26(6-2)29-22-30(27-14-8-7-9-15-27)24-31(23-29)28-20-21-36-33(25-28)32-16-12-18-35-38(32)40(36)37-19-11-10-17-34(37)39(35,3)4/h5-25H,1-2H2,3-4H3/b26-13+. The molecule has 1 aliphatic heterocycles. The van der Waals surface area contributed by atoms with Gasteiger partial charge < -0.3 is 4.57 Å². The van der Waals surface area contributed by atoms with Crippen LogP contribution in [0.2, 0.25) is 0 Å². The summed E-state index contributed by atoms with van der Waals surface area (Å²) in [5, 5.41) is 2.58. The molecule has 0 unspecified atom stereocenters. The summed E-state index contributed by atoms with van der Waals surface area (Å²) in [6.45, 7) is 12.7. The van der Waals surface area contributed by atoms with Crippen LogP contribution in [0.25, 0.3) is 55.3 Å². The van der Waals surface area contributed by atoms with Crippen molar-refractivity contribution in [3.8, 4) is 27.9 Å². The Morgan fingerprint density at radius 2 is 1.38 bits per heavy atom. The van der Waals surface area contributed by atoms with Crippen molar-refractivity contribution in [1.29, 1.82) is 0 Å². The van der Waals surface area contributed by atoms with Gasteiger partial charge in [-0.25, -0.2) is 0 Å². The molecular formula is C39H31N. The Labute approximate surface area is 236 Å². The van der Waals surface area contributed by atoms with Gasteiger partial charge in [0.05, 0.1) is 16.7 Å². The minimum atomic E-state index is -0.0686. The van der Waals surface area contributed by atoms with E-state index >= 15 is 0 Å². The molecule has 1 aliphatic rings. The number of hydrogen-bond acceptors (Lipinski definition) is 0. The molecule has 0 spiro atoms. The summed E-state index contributed by atoms with van der Waals surface area (Å²) in [7, 11) is 0. The molecule has 0 N–H and O–H groups in total. The van der Waals surface area contributed by atoms with Gasteiger partial charge in [-0.05, 0) is 80.9 Å². The summed E-state index contributed by atoms with van der Waals surface area (Å²) in [5.41, 5.74) is 13.5. The van der Waals surface area contributed by atoms with Crippen LogP contribution in [0.1, 0.15) is 30.5 Å². The third-order valence-electron chi connectivity index (χ3n) is 8.50.